The van der Waals surface area contributed by atoms with Crippen LogP contribution in [-0.2, 0) is 15.1 Å². The number of hydrogen-bond acceptors (Lipinski definition) is 4. The number of urea groups is 1. The van der Waals surface area contributed by atoms with Gasteiger partial charge in [0.05, 0.1) is 6.54 Å². The number of nitrogens with one attached hydrogen (secondary N) is 1. The summed E-state index contributed by atoms with van der Waals surface area (Å²) in [4.78, 5) is 40.6. The second-order valence-electron chi connectivity index (χ2n) is 8.34. The van der Waals surface area contributed by atoms with E-state index in [-0.39, 0.29) is 19.1 Å². The van der Waals surface area contributed by atoms with Crippen LogP contribution in [0.5, 0.6) is 5.75 Å². The van der Waals surface area contributed by atoms with Crippen molar-refractivity contribution < 1.29 is 19.1 Å². The number of amides is 4. The van der Waals surface area contributed by atoms with Gasteiger partial charge in [-0.2, -0.15) is 0 Å². The first-order valence-electron chi connectivity index (χ1n) is 10.5. The fraction of sp³-hybridized carbons (Fsp3) is 0.375. The van der Waals surface area contributed by atoms with Gasteiger partial charge in [-0.05, 0) is 48.2 Å². The fourth-order valence-corrected chi connectivity index (χ4v) is 3.58. The standard InChI is InChI=1S/C24H28ClN3O4/c1-16(2)17-5-7-18(8-6-17)24(3)22(30)28(23(31)26-24)15-21(29)27(4)13-14-32-20-11-9-19(25)10-12-20/h5-12,16H,13-15H2,1-4H3,(H,26,31). The molecule has 0 spiro atoms. The van der Waals surface area contributed by atoms with Crippen LogP contribution in [0.4, 0.5) is 4.79 Å². The van der Waals surface area contributed by atoms with E-state index < -0.39 is 17.5 Å². The molecular formula is C24H28ClN3O4. The van der Waals surface area contributed by atoms with Gasteiger partial charge in [0.25, 0.3) is 5.91 Å². The van der Waals surface area contributed by atoms with Crippen molar-refractivity contribution in [1.82, 2.24) is 15.1 Å². The van der Waals surface area contributed by atoms with E-state index in [0.717, 1.165) is 10.5 Å². The van der Waals surface area contributed by atoms with Crippen molar-refractivity contribution >= 4 is 29.4 Å². The molecule has 1 heterocycles. The molecule has 0 radical (unpaired) electrons. The van der Waals surface area contributed by atoms with Crippen molar-refractivity contribution in [3.8, 4) is 5.75 Å². The molecule has 1 N–H and O–H groups in total. The molecule has 1 unspecified atom stereocenters. The van der Waals surface area contributed by atoms with Crippen molar-refractivity contribution in [2.75, 3.05) is 26.7 Å². The van der Waals surface area contributed by atoms with Crippen LogP contribution in [0.15, 0.2) is 48.5 Å². The summed E-state index contributed by atoms with van der Waals surface area (Å²) >= 11 is 5.85. The molecule has 32 heavy (non-hydrogen) atoms. The van der Waals surface area contributed by atoms with E-state index in [4.69, 9.17) is 16.3 Å². The molecule has 0 bridgehead atoms. The lowest BCUT2D eigenvalue weighted by molar-refractivity contribution is -0.138. The molecule has 1 saturated heterocycles. The molecule has 7 nitrogen and oxygen atoms in total. The van der Waals surface area contributed by atoms with Gasteiger partial charge < -0.3 is 15.0 Å². The summed E-state index contributed by atoms with van der Waals surface area (Å²) < 4.78 is 5.60. The minimum absolute atomic E-state index is 0.268. The van der Waals surface area contributed by atoms with Gasteiger partial charge in [0.1, 0.15) is 24.4 Å². The van der Waals surface area contributed by atoms with Crippen LogP contribution >= 0.6 is 11.6 Å². The summed E-state index contributed by atoms with van der Waals surface area (Å²) in [5.41, 5.74) is 0.617. The SMILES string of the molecule is CC(C)c1ccc(C2(C)NC(=O)N(CC(=O)N(C)CCOc3ccc(Cl)cc3)C2=O)cc1. The highest BCUT2D eigenvalue weighted by Gasteiger charge is 2.49. The number of carbonyl (C=O) groups is 3. The number of halogens is 1. The van der Waals surface area contributed by atoms with Gasteiger partial charge in [-0.25, -0.2) is 4.79 Å². The van der Waals surface area contributed by atoms with E-state index in [1.165, 1.54) is 4.90 Å². The van der Waals surface area contributed by atoms with Gasteiger partial charge in [0, 0.05) is 12.1 Å². The van der Waals surface area contributed by atoms with E-state index in [0.29, 0.717) is 28.8 Å². The zero-order chi connectivity index (χ0) is 23.5. The highest BCUT2D eigenvalue weighted by atomic mass is 35.5. The second-order valence-corrected chi connectivity index (χ2v) is 8.78. The molecule has 2 aromatic carbocycles. The average Bonchev–Trinajstić information content (AvgIpc) is 2.99. The number of imide groups is 1. The first-order valence-corrected chi connectivity index (χ1v) is 10.9. The van der Waals surface area contributed by atoms with Crippen LogP contribution < -0.4 is 10.1 Å². The molecule has 8 heteroatoms. The zero-order valence-electron chi connectivity index (χ0n) is 18.7. The molecule has 1 aliphatic rings. The topological polar surface area (TPSA) is 79.0 Å². The normalized spacial score (nSPS) is 18.1. The predicted molar refractivity (Wildman–Crippen MR) is 123 cm³/mol. The lowest BCUT2D eigenvalue weighted by Crippen LogP contribution is -2.44. The van der Waals surface area contributed by atoms with Crippen molar-refractivity contribution in [3.63, 3.8) is 0 Å². The summed E-state index contributed by atoms with van der Waals surface area (Å²) in [5.74, 6) is 0.203. The molecule has 1 fully saturated rings. The van der Waals surface area contributed by atoms with Gasteiger partial charge in [-0.15, -0.1) is 0 Å². The van der Waals surface area contributed by atoms with Crippen LogP contribution in [0.25, 0.3) is 0 Å². The molecular weight excluding hydrogens is 430 g/mol. The first-order chi connectivity index (χ1) is 15.1. The summed E-state index contributed by atoms with van der Waals surface area (Å²) in [6, 6.07) is 13.9. The lowest BCUT2D eigenvalue weighted by Gasteiger charge is -2.23. The van der Waals surface area contributed by atoms with Gasteiger partial charge in [-0.3, -0.25) is 14.5 Å². The number of ether oxygens (including phenoxy) is 1. The molecule has 4 amide bonds. The Labute approximate surface area is 193 Å². The van der Waals surface area contributed by atoms with Crippen LogP contribution in [-0.4, -0.2) is 54.4 Å². The van der Waals surface area contributed by atoms with E-state index in [1.807, 2.05) is 24.3 Å². The van der Waals surface area contributed by atoms with Crippen molar-refractivity contribution in [2.24, 2.45) is 0 Å². The summed E-state index contributed by atoms with van der Waals surface area (Å²) in [6.45, 7) is 6.07. The van der Waals surface area contributed by atoms with Crippen LogP contribution in [0.1, 0.15) is 37.8 Å². The Morgan fingerprint density at radius 1 is 1.12 bits per heavy atom. The molecule has 0 saturated carbocycles. The number of carbonyl (C=O) groups excluding carboxylic acids is 3. The molecule has 0 aromatic heterocycles. The maximum absolute atomic E-state index is 13.1. The highest BCUT2D eigenvalue weighted by molar-refractivity contribution is 6.30. The number of hydrogen-bond donors (Lipinski definition) is 1. The van der Waals surface area contributed by atoms with Crippen LogP contribution in [0, 0.1) is 0 Å². The quantitative estimate of drug-likeness (QED) is 0.612. The number of rotatable bonds is 8. The number of benzene rings is 2. The maximum Gasteiger partial charge on any atom is 0.325 e. The van der Waals surface area contributed by atoms with Crippen LogP contribution in [0.3, 0.4) is 0 Å². The molecule has 170 valence electrons. The second kappa shape index (κ2) is 9.61. The van der Waals surface area contributed by atoms with E-state index >= 15 is 0 Å². The molecule has 3 rings (SSSR count). The Balaban J connectivity index is 1.58. The first kappa shape index (κ1) is 23.6. The fourth-order valence-electron chi connectivity index (χ4n) is 3.45. The number of likely N-dealkylation sites (N-methyl/N-ethyl adjacent to an activating group) is 1. The summed E-state index contributed by atoms with van der Waals surface area (Å²) in [6.07, 6.45) is 0. The molecule has 0 aliphatic carbocycles. The Kier molecular flexibility index (Phi) is 7.09. The number of nitrogens with zero attached hydrogens (tertiary/aromatic N) is 2. The third-order valence-corrected chi connectivity index (χ3v) is 5.91. The van der Waals surface area contributed by atoms with Gasteiger partial charge in [-0.1, -0.05) is 49.7 Å². The average molecular weight is 458 g/mol. The Hall–Kier alpha value is -3.06. The van der Waals surface area contributed by atoms with E-state index in [2.05, 4.69) is 19.2 Å². The monoisotopic (exact) mass is 457 g/mol. The molecule has 1 aliphatic heterocycles. The van der Waals surface area contributed by atoms with Crippen LogP contribution in [0.2, 0.25) is 5.02 Å². The largest absolute Gasteiger partial charge is 0.492 e. The van der Waals surface area contributed by atoms with Crippen molar-refractivity contribution in [2.45, 2.75) is 32.2 Å². The van der Waals surface area contributed by atoms with E-state index in [9.17, 15) is 14.4 Å². The molecule has 1 atom stereocenters. The molecule has 2 aromatic rings. The Morgan fingerprint density at radius 2 is 1.75 bits per heavy atom. The maximum atomic E-state index is 13.1. The lowest BCUT2D eigenvalue weighted by atomic mass is 9.90. The summed E-state index contributed by atoms with van der Waals surface area (Å²) in [7, 11) is 1.61. The van der Waals surface area contributed by atoms with Crippen molar-refractivity contribution in [3.05, 3.63) is 64.7 Å². The van der Waals surface area contributed by atoms with Gasteiger partial charge >= 0.3 is 6.03 Å². The summed E-state index contributed by atoms with van der Waals surface area (Å²) in [5, 5.41) is 3.35. The minimum Gasteiger partial charge on any atom is -0.492 e. The van der Waals surface area contributed by atoms with E-state index in [1.54, 1.807) is 38.2 Å². The third-order valence-electron chi connectivity index (χ3n) is 5.66. The Morgan fingerprint density at radius 3 is 2.34 bits per heavy atom. The Bertz CT molecular complexity index is 991. The van der Waals surface area contributed by atoms with Gasteiger partial charge in [0.15, 0.2) is 0 Å². The highest BCUT2D eigenvalue weighted by Crippen LogP contribution is 2.30. The third kappa shape index (κ3) is 5.05. The predicted octanol–water partition coefficient (Wildman–Crippen LogP) is 3.77. The van der Waals surface area contributed by atoms with Gasteiger partial charge in [0.2, 0.25) is 5.91 Å². The zero-order valence-corrected chi connectivity index (χ0v) is 19.5. The van der Waals surface area contributed by atoms with Crippen molar-refractivity contribution in [1.29, 1.82) is 0 Å². The smallest absolute Gasteiger partial charge is 0.325 e. The minimum atomic E-state index is -1.21.